The maximum absolute atomic E-state index is 4.07. The molecule has 1 aromatic rings. The Morgan fingerprint density at radius 2 is 1.86 bits per heavy atom. The molecule has 0 aliphatic heterocycles. The number of hydrogen-bond acceptors (Lipinski definition) is 2. The number of rotatable bonds is 3. The number of aliphatic imine (C=N–C) groups is 1. The van der Waals surface area contributed by atoms with E-state index in [0.29, 0.717) is 0 Å². The van der Waals surface area contributed by atoms with Crippen molar-refractivity contribution in [3.05, 3.63) is 42.1 Å². The summed E-state index contributed by atoms with van der Waals surface area (Å²) < 4.78 is 0. The normalized spacial score (nSPS) is 12.8. The summed E-state index contributed by atoms with van der Waals surface area (Å²) >= 11 is 0. The van der Waals surface area contributed by atoms with Gasteiger partial charge in [-0.3, -0.25) is 4.99 Å². The molecule has 0 amide bonds. The molecule has 1 aromatic carbocycles. The van der Waals surface area contributed by atoms with Gasteiger partial charge >= 0.3 is 0 Å². The fourth-order valence-corrected chi connectivity index (χ4v) is 1.16. The molecule has 74 valence electrons. The molecule has 0 aromatic heterocycles. The maximum Gasteiger partial charge on any atom is 0.0381 e. The average molecular weight is 188 g/mol. The number of nitrogens with zero attached hydrogens (tertiary/aromatic N) is 1. The Kier molecular flexibility index (Phi) is 3.92. The topological polar surface area (TPSA) is 24.4 Å². The van der Waals surface area contributed by atoms with Gasteiger partial charge in [-0.15, -0.1) is 0 Å². The van der Waals surface area contributed by atoms with E-state index in [1.54, 1.807) is 7.05 Å². The predicted molar refractivity (Wildman–Crippen MR) is 62.9 cm³/mol. The summed E-state index contributed by atoms with van der Waals surface area (Å²) in [7, 11) is 1.79. The highest BCUT2D eigenvalue weighted by molar-refractivity contribution is 5.93. The van der Waals surface area contributed by atoms with Crippen molar-refractivity contribution in [2.45, 2.75) is 13.8 Å². The van der Waals surface area contributed by atoms with E-state index in [-0.39, 0.29) is 0 Å². The van der Waals surface area contributed by atoms with Crippen molar-refractivity contribution >= 4 is 11.4 Å². The Morgan fingerprint density at radius 3 is 2.43 bits per heavy atom. The van der Waals surface area contributed by atoms with Crippen molar-refractivity contribution in [3.63, 3.8) is 0 Å². The zero-order chi connectivity index (χ0) is 10.4. The van der Waals surface area contributed by atoms with E-state index in [2.05, 4.69) is 10.3 Å². The molecule has 0 spiro atoms. The highest BCUT2D eigenvalue weighted by Gasteiger charge is 1.91. The molecule has 0 heterocycles. The van der Waals surface area contributed by atoms with Crippen LogP contribution in [0.4, 0.5) is 5.69 Å². The van der Waals surface area contributed by atoms with E-state index in [1.807, 2.05) is 50.3 Å². The summed E-state index contributed by atoms with van der Waals surface area (Å²) in [6.07, 6.45) is 2.02. The predicted octanol–water partition coefficient (Wildman–Crippen LogP) is 3.09. The second-order valence-corrected chi connectivity index (χ2v) is 3.18. The van der Waals surface area contributed by atoms with Gasteiger partial charge in [-0.2, -0.15) is 0 Å². The molecule has 0 unspecified atom stereocenters. The molecule has 0 radical (unpaired) electrons. The molecular weight excluding hydrogens is 172 g/mol. The number of nitrogens with one attached hydrogen (secondary N) is 1. The zero-order valence-corrected chi connectivity index (χ0v) is 8.91. The van der Waals surface area contributed by atoms with E-state index in [9.17, 15) is 0 Å². The molecule has 1 N–H and O–H groups in total. The van der Waals surface area contributed by atoms with Crippen molar-refractivity contribution in [1.82, 2.24) is 0 Å². The van der Waals surface area contributed by atoms with Crippen LogP contribution < -0.4 is 5.32 Å². The Hall–Kier alpha value is -1.57. The van der Waals surface area contributed by atoms with Crippen molar-refractivity contribution in [2.75, 3.05) is 12.4 Å². The van der Waals surface area contributed by atoms with Crippen LogP contribution in [-0.4, -0.2) is 12.8 Å². The average Bonchev–Trinajstić information content (AvgIpc) is 2.19. The summed E-state index contributed by atoms with van der Waals surface area (Å²) in [6, 6.07) is 10.1. The zero-order valence-electron chi connectivity index (χ0n) is 8.91. The van der Waals surface area contributed by atoms with Crippen LogP contribution in [-0.2, 0) is 0 Å². The maximum atomic E-state index is 4.07. The van der Waals surface area contributed by atoms with Gasteiger partial charge in [0.05, 0.1) is 0 Å². The molecule has 0 atom stereocenters. The standard InChI is InChI=1S/C12H16N2/c1-10(13-3)9-11(2)14-12-7-5-4-6-8-12/h4-9,14H,1-3H3/b11-9-,13-10?. The first kappa shape index (κ1) is 10.5. The van der Waals surface area contributed by atoms with Gasteiger partial charge in [0, 0.05) is 24.1 Å². The third-order valence-corrected chi connectivity index (χ3v) is 1.89. The number of para-hydroxylation sites is 1. The minimum atomic E-state index is 1.02. The fourth-order valence-electron chi connectivity index (χ4n) is 1.16. The van der Waals surface area contributed by atoms with Gasteiger partial charge in [0.2, 0.25) is 0 Å². The molecule has 14 heavy (non-hydrogen) atoms. The first-order chi connectivity index (χ1) is 6.72. The van der Waals surface area contributed by atoms with Crippen molar-refractivity contribution < 1.29 is 0 Å². The van der Waals surface area contributed by atoms with Crippen molar-refractivity contribution in [3.8, 4) is 0 Å². The van der Waals surface area contributed by atoms with Gasteiger partial charge < -0.3 is 5.32 Å². The first-order valence-electron chi connectivity index (χ1n) is 4.66. The van der Waals surface area contributed by atoms with Crippen LogP contribution >= 0.6 is 0 Å². The third-order valence-electron chi connectivity index (χ3n) is 1.89. The van der Waals surface area contributed by atoms with Crippen molar-refractivity contribution in [2.24, 2.45) is 4.99 Å². The van der Waals surface area contributed by atoms with E-state index in [1.165, 1.54) is 0 Å². The van der Waals surface area contributed by atoms with Crippen LogP contribution in [0.3, 0.4) is 0 Å². The number of anilines is 1. The van der Waals surface area contributed by atoms with Gasteiger partial charge in [-0.25, -0.2) is 0 Å². The SMILES string of the molecule is CN=C(C)/C=C(/C)Nc1ccccc1. The molecule has 0 aliphatic carbocycles. The van der Waals surface area contributed by atoms with Gasteiger partial charge in [0.1, 0.15) is 0 Å². The van der Waals surface area contributed by atoms with Crippen LogP contribution in [0, 0.1) is 0 Å². The molecule has 0 saturated carbocycles. The Morgan fingerprint density at radius 1 is 1.21 bits per heavy atom. The van der Waals surface area contributed by atoms with Crippen molar-refractivity contribution in [1.29, 1.82) is 0 Å². The molecule has 0 bridgehead atoms. The molecule has 2 nitrogen and oxygen atoms in total. The van der Waals surface area contributed by atoms with Crippen LogP contribution in [0.1, 0.15) is 13.8 Å². The van der Waals surface area contributed by atoms with Crippen LogP contribution in [0.15, 0.2) is 47.1 Å². The first-order valence-corrected chi connectivity index (χ1v) is 4.66. The highest BCUT2D eigenvalue weighted by atomic mass is 14.9. The van der Waals surface area contributed by atoms with Gasteiger partial charge in [-0.05, 0) is 32.1 Å². The molecule has 0 fully saturated rings. The summed E-state index contributed by atoms with van der Waals surface area (Å²) in [5, 5.41) is 3.29. The summed E-state index contributed by atoms with van der Waals surface area (Å²) in [5.41, 5.74) is 3.22. The minimum Gasteiger partial charge on any atom is -0.359 e. The molecule has 1 rings (SSSR count). The quantitative estimate of drug-likeness (QED) is 0.724. The van der Waals surface area contributed by atoms with Gasteiger partial charge in [0.25, 0.3) is 0 Å². The van der Waals surface area contributed by atoms with E-state index < -0.39 is 0 Å². The second kappa shape index (κ2) is 5.22. The van der Waals surface area contributed by atoms with E-state index in [4.69, 9.17) is 0 Å². The lowest BCUT2D eigenvalue weighted by atomic mass is 10.3. The van der Waals surface area contributed by atoms with Gasteiger partial charge in [-0.1, -0.05) is 18.2 Å². The Balaban J connectivity index is 2.66. The number of benzene rings is 1. The largest absolute Gasteiger partial charge is 0.359 e. The van der Waals surface area contributed by atoms with E-state index >= 15 is 0 Å². The summed E-state index contributed by atoms with van der Waals surface area (Å²) in [5.74, 6) is 0. The Labute approximate surface area is 85.4 Å². The van der Waals surface area contributed by atoms with Crippen LogP contribution in [0.2, 0.25) is 0 Å². The lowest BCUT2D eigenvalue weighted by Crippen LogP contribution is -1.97. The molecular formula is C12H16N2. The Bertz CT molecular complexity index is 337. The fraction of sp³-hybridized carbons (Fsp3) is 0.250. The molecule has 2 heteroatoms. The summed E-state index contributed by atoms with van der Waals surface area (Å²) in [6.45, 7) is 4.01. The van der Waals surface area contributed by atoms with Gasteiger partial charge in [0.15, 0.2) is 0 Å². The smallest absolute Gasteiger partial charge is 0.0381 e. The lowest BCUT2D eigenvalue weighted by Gasteiger charge is -2.05. The minimum absolute atomic E-state index is 1.02. The van der Waals surface area contributed by atoms with Crippen LogP contribution in [0.5, 0.6) is 0 Å². The monoisotopic (exact) mass is 188 g/mol. The van der Waals surface area contributed by atoms with E-state index in [0.717, 1.165) is 17.1 Å². The molecule has 0 aliphatic rings. The summed E-state index contributed by atoms with van der Waals surface area (Å²) in [4.78, 5) is 4.07. The third kappa shape index (κ3) is 3.44. The number of allylic oxidation sites excluding steroid dienone is 2. The lowest BCUT2D eigenvalue weighted by molar-refractivity contribution is 1.36. The van der Waals surface area contributed by atoms with Crippen LogP contribution in [0.25, 0.3) is 0 Å². The second-order valence-electron chi connectivity index (χ2n) is 3.18. The number of hydrogen-bond donors (Lipinski definition) is 1. The molecule has 0 saturated heterocycles. The highest BCUT2D eigenvalue weighted by Crippen LogP contribution is 2.08.